The fraction of sp³-hybridized carbons (Fsp3) is 0.391. The standard InChI is InChI=1S/C23H25ClN2O4S/c24-17-12-14-20(15-13-17)31(29,30)26(19-10-4-1-2-5-11-19)21-16-22(27)25(23(21)28)18-8-6-3-7-9-18/h3,6-9,12-15,19,21H,1-2,4-5,10-11,16H2. The molecule has 0 N–H and O–H groups in total. The Morgan fingerprint density at radius 3 is 2.10 bits per heavy atom. The van der Waals surface area contributed by atoms with E-state index in [-0.39, 0.29) is 23.3 Å². The Labute approximate surface area is 187 Å². The van der Waals surface area contributed by atoms with Gasteiger partial charge >= 0.3 is 0 Å². The Kier molecular flexibility index (Phi) is 6.46. The number of nitrogens with zero attached hydrogens (tertiary/aromatic N) is 2. The topological polar surface area (TPSA) is 74.8 Å². The number of para-hydroxylation sites is 1. The SMILES string of the molecule is O=C1CC(N(C2CCCCCC2)S(=O)(=O)c2ccc(Cl)cc2)C(=O)N1c1ccccc1. The van der Waals surface area contributed by atoms with Crippen molar-refractivity contribution in [1.29, 1.82) is 0 Å². The van der Waals surface area contributed by atoms with Crippen molar-refractivity contribution in [2.24, 2.45) is 0 Å². The van der Waals surface area contributed by atoms with Crippen molar-refractivity contribution < 1.29 is 18.0 Å². The van der Waals surface area contributed by atoms with Crippen LogP contribution in [0.2, 0.25) is 5.02 Å². The molecule has 2 fully saturated rings. The second-order valence-electron chi connectivity index (χ2n) is 8.06. The van der Waals surface area contributed by atoms with Gasteiger partial charge in [-0.2, -0.15) is 4.31 Å². The van der Waals surface area contributed by atoms with Crippen molar-refractivity contribution >= 4 is 39.1 Å². The molecular formula is C23H25ClN2O4S. The summed E-state index contributed by atoms with van der Waals surface area (Å²) in [4.78, 5) is 27.4. The Morgan fingerprint density at radius 1 is 0.871 bits per heavy atom. The molecule has 164 valence electrons. The van der Waals surface area contributed by atoms with Gasteiger partial charge in [0.05, 0.1) is 17.0 Å². The summed E-state index contributed by atoms with van der Waals surface area (Å²) in [6.07, 6.45) is 5.07. The van der Waals surface area contributed by atoms with Gasteiger partial charge in [0.1, 0.15) is 6.04 Å². The van der Waals surface area contributed by atoms with E-state index in [0.717, 1.165) is 30.6 Å². The first-order chi connectivity index (χ1) is 14.9. The van der Waals surface area contributed by atoms with Crippen LogP contribution in [0.3, 0.4) is 0 Å². The lowest BCUT2D eigenvalue weighted by atomic mass is 10.1. The van der Waals surface area contributed by atoms with E-state index in [0.29, 0.717) is 23.6 Å². The lowest BCUT2D eigenvalue weighted by molar-refractivity contribution is -0.122. The summed E-state index contributed by atoms with van der Waals surface area (Å²) in [5, 5.41) is 0.433. The number of amides is 2. The molecule has 1 saturated heterocycles. The normalized spacial score (nSPS) is 21.0. The van der Waals surface area contributed by atoms with Gasteiger partial charge in [-0.1, -0.05) is 55.5 Å². The van der Waals surface area contributed by atoms with Gasteiger partial charge in [-0.25, -0.2) is 13.3 Å². The summed E-state index contributed by atoms with van der Waals surface area (Å²) in [5.41, 5.74) is 0.463. The third kappa shape index (κ3) is 4.40. The maximum Gasteiger partial charge on any atom is 0.252 e. The van der Waals surface area contributed by atoms with Crippen LogP contribution in [-0.4, -0.2) is 36.6 Å². The van der Waals surface area contributed by atoms with E-state index in [1.807, 2.05) is 0 Å². The molecule has 1 aliphatic heterocycles. The van der Waals surface area contributed by atoms with E-state index >= 15 is 0 Å². The molecule has 1 aliphatic carbocycles. The number of sulfonamides is 1. The first kappa shape index (κ1) is 22.0. The van der Waals surface area contributed by atoms with E-state index in [2.05, 4.69) is 0 Å². The van der Waals surface area contributed by atoms with Crippen LogP contribution in [-0.2, 0) is 19.6 Å². The van der Waals surface area contributed by atoms with Crippen molar-refractivity contribution in [2.75, 3.05) is 4.90 Å². The Bertz CT molecular complexity index is 1050. The minimum absolute atomic E-state index is 0.0829. The van der Waals surface area contributed by atoms with E-state index in [9.17, 15) is 18.0 Å². The first-order valence-corrected chi connectivity index (χ1v) is 12.4. The minimum atomic E-state index is -4.00. The number of anilines is 1. The number of hydrogen-bond acceptors (Lipinski definition) is 4. The fourth-order valence-corrected chi connectivity index (χ4v) is 6.47. The predicted molar refractivity (Wildman–Crippen MR) is 119 cm³/mol. The van der Waals surface area contributed by atoms with Gasteiger partial charge < -0.3 is 0 Å². The fourth-order valence-electron chi connectivity index (χ4n) is 4.52. The molecule has 1 heterocycles. The van der Waals surface area contributed by atoms with Crippen molar-refractivity contribution in [3.05, 3.63) is 59.6 Å². The number of carbonyl (C=O) groups excluding carboxylic acids is 2. The number of hydrogen-bond donors (Lipinski definition) is 0. The van der Waals surface area contributed by atoms with Crippen LogP contribution in [0.25, 0.3) is 0 Å². The lowest BCUT2D eigenvalue weighted by Gasteiger charge is -2.33. The number of rotatable bonds is 5. The number of carbonyl (C=O) groups is 2. The molecule has 31 heavy (non-hydrogen) atoms. The predicted octanol–water partition coefficient (Wildman–Crippen LogP) is 4.39. The molecule has 0 aromatic heterocycles. The third-order valence-electron chi connectivity index (χ3n) is 6.02. The zero-order valence-corrected chi connectivity index (χ0v) is 18.7. The average molecular weight is 461 g/mol. The minimum Gasteiger partial charge on any atom is -0.274 e. The number of benzene rings is 2. The van der Waals surface area contributed by atoms with E-state index in [4.69, 9.17) is 11.6 Å². The van der Waals surface area contributed by atoms with Crippen molar-refractivity contribution in [2.45, 2.75) is 61.9 Å². The van der Waals surface area contributed by atoms with Crippen LogP contribution >= 0.6 is 11.6 Å². The molecule has 8 heteroatoms. The van der Waals surface area contributed by atoms with Gasteiger partial charge in [0, 0.05) is 11.1 Å². The number of halogens is 1. The number of imide groups is 1. The van der Waals surface area contributed by atoms with Crippen LogP contribution < -0.4 is 4.90 Å². The summed E-state index contributed by atoms with van der Waals surface area (Å²) < 4.78 is 28.8. The van der Waals surface area contributed by atoms with Crippen LogP contribution in [0, 0.1) is 0 Å². The summed E-state index contributed by atoms with van der Waals surface area (Å²) >= 11 is 5.95. The van der Waals surface area contributed by atoms with E-state index in [1.165, 1.54) is 28.6 Å². The van der Waals surface area contributed by atoms with Crippen molar-refractivity contribution in [3.8, 4) is 0 Å². The molecule has 4 rings (SSSR count). The highest BCUT2D eigenvalue weighted by Gasteiger charge is 2.49. The van der Waals surface area contributed by atoms with Gasteiger partial charge in [0.25, 0.3) is 5.91 Å². The third-order valence-corrected chi connectivity index (χ3v) is 8.25. The average Bonchev–Trinajstić information content (AvgIpc) is 2.91. The van der Waals surface area contributed by atoms with Crippen molar-refractivity contribution in [1.82, 2.24) is 4.31 Å². The summed E-state index contributed by atoms with van der Waals surface area (Å²) in [6, 6.07) is 13.3. The molecule has 0 spiro atoms. The van der Waals surface area contributed by atoms with E-state index in [1.54, 1.807) is 30.3 Å². The largest absolute Gasteiger partial charge is 0.274 e. The maximum atomic E-state index is 13.7. The molecular weight excluding hydrogens is 436 g/mol. The van der Waals surface area contributed by atoms with Crippen LogP contribution in [0.4, 0.5) is 5.69 Å². The quantitative estimate of drug-likeness (QED) is 0.490. The van der Waals surface area contributed by atoms with Gasteiger partial charge in [-0.3, -0.25) is 9.59 Å². The molecule has 6 nitrogen and oxygen atoms in total. The molecule has 1 saturated carbocycles. The van der Waals surface area contributed by atoms with Gasteiger partial charge in [-0.05, 0) is 49.2 Å². The van der Waals surface area contributed by atoms with Gasteiger partial charge in [0.15, 0.2) is 0 Å². The molecule has 0 bridgehead atoms. The van der Waals surface area contributed by atoms with Gasteiger partial charge in [-0.15, -0.1) is 0 Å². The summed E-state index contributed by atoms with van der Waals surface area (Å²) in [5.74, 6) is -0.871. The second kappa shape index (κ2) is 9.10. The Morgan fingerprint density at radius 2 is 1.48 bits per heavy atom. The van der Waals surface area contributed by atoms with Crippen molar-refractivity contribution in [3.63, 3.8) is 0 Å². The smallest absolute Gasteiger partial charge is 0.252 e. The van der Waals surface area contributed by atoms with Crippen LogP contribution in [0.1, 0.15) is 44.9 Å². The first-order valence-electron chi connectivity index (χ1n) is 10.6. The zero-order chi connectivity index (χ0) is 22.0. The molecule has 2 aliphatic rings. The molecule has 1 atom stereocenters. The Hall–Kier alpha value is -2.22. The molecule has 1 unspecified atom stereocenters. The summed E-state index contributed by atoms with van der Waals surface area (Å²) in [7, 11) is -4.00. The summed E-state index contributed by atoms with van der Waals surface area (Å²) in [6.45, 7) is 0. The molecule has 2 aromatic rings. The van der Waals surface area contributed by atoms with Crippen LogP contribution in [0.15, 0.2) is 59.5 Å². The van der Waals surface area contributed by atoms with E-state index < -0.39 is 22.0 Å². The highest BCUT2D eigenvalue weighted by atomic mass is 35.5. The molecule has 2 amide bonds. The second-order valence-corrected chi connectivity index (χ2v) is 10.3. The highest BCUT2D eigenvalue weighted by Crippen LogP contribution is 2.34. The molecule has 2 aromatic carbocycles. The Balaban J connectivity index is 1.75. The maximum absolute atomic E-state index is 13.7. The lowest BCUT2D eigenvalue weighted by Crippen LogP contribution is -2.50. The van der Waals surface area contributed by atoms with Gasteiger partial charge in [0.2, 0.25) is 15.9 Å². The van der Waals surface area contributed by atoms with Crippen LogP contribution in [0.5, 0.6) is 0 Å². The highest BCUT2D eigenvalue weighted by molar-refractivity contribution is 7.89. The molecule has 0 radical (unpaired) electrons. The monoisotopic (exact) mass is 460 g/mol. The zero-order valence-electron chi connectivity index (χ0n) is 17.1.